The van der Waals surface area contributed by atoms with E-state index in [1.807, 2.05) is 31.2 Å². The topological polar surface area (TPSA) is 35.2 Å². The first kappa shape index (κ1) is 14.0. The highest BCUT2D eigenvalue weighted by atomic mass is 79.9. The van der Waals surface area contributed by atoms with Crippen LogP contribution in [-0.4, -0.2) is 0 Å². The molecule has 4 heteroatoms. The summed E-state index contributed by atoms with van der Waals surface area (Å²) in [5.41, 5.74) is 7.75. The molecule has 2 aromatic carbocycles. The summed E-state index contributed by atoms with van der Waals surface area (Å²) in [6.45, 7) is 2.29. The van der Waals surface area contributed by atoms with E-state index in [1.54, 1.807) is 12.1 Å². The maximum Gasteiger partial charge on any atom is 0.137 e. The van der Waals surface area contributed by atoms with Crippen molar-refractivity contribution in [2.45, 2.75) is 19.6 Å². The summed E-state index contributed by atoms with van der Waals surface area (Å²) in [6, 6.07) is 12.4. The first-order chi connectivity index (χ1) is 9.08. The maximum absolute atomic E-state index is 13.1. The van der Waals surface area contributed by atoms with Gasteiger partial charge in [0.1, 0.15) is 18.2 Å². The van der Waals surface area contributed by atoms with Crippen LogP contribution in [0.15, 0.2) is 46.9 Å². The summed E-state index contributed by atoms with van der Waals surface area (Å²) in [5, 5.41) is 0. The first-order valence-electron chi connectivity index (χ1n) is 5.99. The van der Waals surface area contributed by atoms with Crippen molar-refractivity contribution in [3.05, 3.63) is 63.9 Å². The normalized spacial score (nSPS) is 12.2. The number of halogens is 2. The van der Waals surface area contributed by atoms with Gasteiger partial charge in [-0.15, -0.1) is 0 Å². The van der Waals surface area contributed by atoms with E-state index in [9.17, 15) is 4.39 Å². The highest BCUT2D eigenvalue weighted by Crippen LogP contribution is 2.25. The zero-order chi connectivity index (χ0) is 13.8. The molecule has 0 aliphatic rings. The van der Waals surface area contributed by atoms with Crippen LogP contribution in [0.1, 0.15) is 24.1 Å². The minimum atomic E-state index is -0.278. The lowest BCUT2D eigenvalue weighted by atomic mass is 10.1. The summed E-state index contributed by atoms with van der Waals surface area (Å²) < 4.78 is 19.3. The van der Waals surface area contributed by atoms with Gasteiger partial charge in [-0.25, -0.2) is 4.39 Å². The van der Waals surface area contributed by atoms with Crippen molar-refractivity contribution in [2.75, 3.05) is 0 Å². The molecule has 100 valence electrons. The summed E-state index contributed by atoms with van der Waals surface area (Å²) in [6.07, 6.45) is 0. The molecule has 0 saturated heterocycles. The van der Waals surface area contributed by atoms with Gasteiger partial charge in [-0.05, 0) is 46.6 Å². The Kier molecular flexibility index (Phi) is 4.56. The lowest BCUT2D eigenvalue weighted by molar-refractivity contribution is 0.301. The molecule has 0 unspecified atom stereocenters. The summed E-state index contributed by atoms with van der Waals surface area (Å²) >= 11 is 3.16. The molecule has 19 heavy (non-hydrogen) atoms. The molecule has 0 aromatic heterocycles. The highest BCUT2D eigenvalue weighted by Gasteiger charge is 2.07. The van der Waals surface area contributed by atoms with Crippen LogP contribution in [0, 0.1) is 5.82 Å². The fourth-order valence-corrected chi connectivity index (χ4v) is 2.20. The molecular formula is C15H15BrFNO. The summed E-state index contributed by atoms with van der Waals surface area (Å²) in [7, 11) is 0. The van der Waals surface area contributed by atoms with Crippen LogP contribution < -0.4 is 10.5 Å². The van der Waals surface area contributed by atoms with Crippen molar-refractivity contribution in [1.29, 1.82) is 0 Å². The third-order valence-electron chi connectivity index (χ3n) is 2.79. The van der Waals surface area contributed by atoms with E-state index < -0.39 is 0 Å². The summed E-state index contributed by atoms with van der Waals surface area (Å²) in [5.74, 6) is 0.484. The van der Waals surface area contributed by atoms with Crippen LogP contribution in [0.2, 0.25) is 0 Å². The van der Waals surface area contributed by atoms with Gasteiger partial charge in [0.2, 0.25) is 0 Å². The zero-order valence-corrected chi connectivity index (χ0v) is 12.2. The Balaban J connectivity index is 2.12. The number of hydrogen-bond donors (Lipinski definition) is 1. The Morgan fingerprint density at radius 2 is 2.00 bits per heavy atom. The van der Waals surface area contributed by atoms with Crippen molar-refractivity contribution in [2.24, 2.45) is 5.73 Å². The fraction of sp³-hybridized carbons (Fsp3) is 0.200. The van der Waals surface area contributed by atoms with Gasteiger partial charge in [-0.1, -0.05) is 24.3 Å². The number of rotatable bonds is 4. The average Bonchev–Trinajstić information content (AvgIpc) is 2.40. The molecule has 0 aliphatic carbocycles. The van der Waals surface area contributed by atoms with Crippen molar-refractivity contribution in [3.63, 3.8) is 0 Å². The maximum atomic E-state index is 13.1. The van der Waals surface area contributed by atoms with Crippen LogP contribution in [0.3, 0.4) is 0 Å². The Bertz CT molecular complexity index is 572. The number of para-hydroxylation sites is 1. The van der Waals surface area contributed by atoms with E-state index in [4.69, 9.17) is 10.5 Å². The van der Waals surface area contributed by atoms with Gasteiger partial charge in [0.25, 0.3) is 0 Å². The van der Waals surface area contributed by atoms with Crippen molar-refractivity contribution in [1.82, 2.24) is 0 Å². The van der Waals surface area contributed by atoms with Crippen LogP contribution >= 0.6 is 15.9 Å². The number of hydrogen-bond acceptors (Lipinski definition) is 2. The van der Waals surface area contributed by atoms with Crippen LogP contribution in [0.25, 0.3) is 0 Å². The van der Waals surface area contributed by atoms with Gasteiger partial charge in [0, 0.05) is 11.6 Å². The Hall–Kier alpha value is -1.39. The first-order valence-corrected chi connectivity index (χ1v) is 6.78. The van der Waals surface area contributed by atoms with Crippen LogP contribution in [-0.2, 0) is 6.61 Å². The predicted octanol–water partition coefficient (Wildman–Crippen LogP) is 4.19. The number of benzene rings is 2. The molecule has 2 aromatic rings. The molecule has 1 atom stereocenters. The second-order valence-corrected chi connectivity index (χ2v) is 5.22. The van der Waals surface area contributed by atoms with E-state index in [0.29, 0.717) is 11.1 Å². The van der Waals surface area contributed by atoms with Gasteiger partial charge in [-0.2, -0.15) is 0 Å². The minimum Gasteiger partial charge on any atom is -0.489 e. The molecule has 0 bridgehead atoms. The molecular weight excluding hydrogens is 309 g/mol. The van der Waals surface area contributed by atoms with E-state index in [1.165, 1.54) is 6.07 Å². The standard InChI is InChI=1S/C15H15BrFNO/c1-10(18)12-4-2-3-5-15(12)19-9-11-6-7-14(17)13(16)8-11/h2-8,10H,9,18H2,1H3/t10-/m1/s1. The van der Waals surface area contributed by atoms with Crippen molar-refractivity contribution in [3.8, 4) is 5.75 Å². The fourth-order valence-electron chi connectivity index (χ4n) is 1.78. The van der Waals surface area contributed by atoms with Crippen molar-refractivity contribution >= 4 is 15.9 Å². The van der Waals surface area contributed by atoms with E-state index in [0.717, 1.165) is 16.9 Å². The lowest BCUT2D eigenvalue weighted by Crippen LogP contribution is -2.08. The predicted molar refractivity (Wildman–Crippen MR) is 77.5 cm³/mol. The zero-order valence-electron chi connectivity index (χ0n) is 10.6. The average molecular weight is 324 g/mol. The number of ether oxygens (including phenoxy) is 1. The van der Waals surface area contributed by atoms with Crippen LogP contribution in [0.5, 0.6) is 5.75 Å². The number of nitrogens with two attached hydrogens (primary N) is 1. The Morgan fingerprint density at radius 3 is 2.68 bits per heavy atom. The van der Waals surface area contributed by atoms with E-state index >= 15 is 0 Å². The largest absolute Gasteiger partial charge is 0.489 e. The van der Waals surface area contributed by atoms with Gasteiger partial charge < -0.3 is 10.5 Å². The molecule has 0 radical (unpaired) electrons. The van der Waals surface area contributed by atoms with Crippen LogP contribution in [0.4, 0.5) is 4.39 Å². The molecule has 0 fully saturated rings. The Labute approximate surface area is 120 Å². The van der Waals surface area contributed by atoms with Gasteiger partial charge in [0.05, 0.1) is 4.47 Å². The van der Waals surface area contributed by atoms with Gasteiger partial charge in [-0.3, -0.25) is 0 Å². The van der Waals surface area contributed by atoms with Gasteiger partial charge >= 0.3 is 0 Å². The molecule has 2 nitrogen and oxygen atoms in total. The molecule has 0 aliphatic heterocycles. The molecule has 0 heterocycles. The smallest absolute Gasteiger partial charge is 0.137 e. The quantitative estimate of drug-likeness (QED) is 0.915. The molecule has 2 rings (SSSR count). The third-order valence-corrected chi connectivity index (χ3v) is 3.40. The molecule has 0 amide bonds. The second kappa shape index (κ2) is 6.17. The highest BCUT2D eigenvalue weighted by molar-refractivity contribution is 9.10. The molecule has 2 N–H and O–H groups in total. The SMILES string of the molecule is C[C@@H](N)c1ccccc1OCc1ccc(F)c(Br)c1. The van der Waals surface area contributed by atoms with E-state index in [2.05, 4.69) is 15.9 Å². The summed E-state index contributed by atoms with van der Waals surface area (Å²) in [4.78, 5) is 0. The molecule has 0 spiro atoms. The molecule has 0 saturated carbocycles. The lowest BCUT2D eigenvalue weighted by Gasteiger charge is -2.14. The monoisotopic (exact) mass is 323 g/mol. The van der Waals surface area contributed by atoms with Crippen molar-refractivity contribution < 1.29 is 9.13 Å². The van der Waals surface area contributed by atoms with E-state index in [-0.39, 0.29) is 11.9 Å². The Morgan fingerprint density at radius 1 is 1.26 bits per heavy atom. The van der Waals surface area contributed by atoms with Gasteiger partial charge in [0.15, 0.2) is 0 Å². The second-order valence-electron chi connectivity index (χ2n) is 4.36. The third kappa shape index (κ3) is 3.55. The minimum absolute atomic E-state index is 0.0869.